The van der Waals surface area contributed by atoms with Crippen molar-refractivity contribution in [2.75, 3.05) is 17.2 Å². The maximum atomic E-state index is 6.00. The Balaban J connectivity index is 2.47. The highest BCUT2D eigenvalue weighted by molar-refractivity contribution is 7.99. The topological polar surface area (TPSA) is 61.3 Å². The summed E-state index contributed by atoms with van der Waals surface area (Å²) >= 11 is 1.75. The molecule has 4 heteroatoms. The van der Waals surface area contributed by atoms with Crippen molar-refractivity contribution >= 4 is 23.1 Å². The summed E-state index contributed by atoms with van der Waals surface area (Å²) in [5.41, 5.74) is 14.5. The Kier molecular flexibility index (Phi) is 2.69. The summed E-state index contributed by atoms with van der Waals surface area (Å²) in [5.74, 6) is 1.73. The molecule has 0 saturated carbocycles. The highest BCUT2D eigenvalue weighted by atomic mass is 32.2. The molecule has 1 unspecified atom stereocenters. The zero-order valence-corrected chi connectivity index (χ0v) is 9.86. The van der Waals surface area contributed by atoms with Gasteiger partial charge in [-0.2, -0.15) is 0 Å². The summed E-state index contributed by atoms with van der Waals surface area (Å²) in [4.78, 5) is 1.01. The lowest BCUT2D eigenvalue weighted by Crippen LogP contribution is -2.23. The van der Waals surface area contributed by atoms with Crippen molar-refractivity contribution in [1.82, 2.24) is 0 Å². The normalized spacial score (nSPS) is 19.5. The van der Waals surface area contributed by atoms with Crippen LogP contribution in [0.1, 0.15) is 18.9 Å². The first kappa shape index (κ1) is 10.5. The van der Waals surface area contributed by atoms with Gasteiger partial charge in [-0.25, -0.2) is 0 Å². The molecule has 4 N–H and O–H groups in total. The van der Waals surface area contributed by atoms with Crippen molar-refractivity contribution in [3.05, 3.63) is 11.6 Å². The van der Waals surface area contributed by atoms with Crippen LogP contribution in [0.2, 0.25) is 0 Å². The van der Waals surface area contributed by atoms with E-state index in [1.807, 2.05) is 13.0 Å². The number of hydrogen-bond acceptors (Lipinski definition) is 4. The molecule has 0 fully saturated rings. The highest BCUT2D eigenvalue weighted by Crippen LogP contribution is 2.45. The molecule has 1 aromatic rings. The predicted molar refractivity (Wildman–Crippen MR) is 65.4 cm³/mol. The molecule has 1 aromatic carbocycles. The van der Waals surface area contributed by atoms with Crippen LogP contribution >= 0.6 is 11.8 Å². The molecule has 0 amide bonds. The second kappa shape index (κ2) is 3.85. The Hall–Kier alpha value is -1.03. The molecule has 3 nitrogen and oxygen atoms in total. The Labute approximate surface area is 94.2 Å². The van der Waals surface area contributed by atoms with Crippen molar-refractivity contribution in [3.63, 3.8) is 0 Å². The van der Waals surface area contributed by atoms with Crippen LogP contribution in [0.25, 0.3) is 0 Å². The number of aryl methyl sites for hydroxylation is 1. The summed E-state index contributed by atoms with van der Waals surface area (Å²) in [6, 6.07) is 1.88. The smallest absolute Gasteiger partial charge is 0.158 e. The lowest BCUT2D eigenvalue weighted by molar-refractivity contribution is 0.213. The van der Waals surface area contributed by atoms with E-state index in [0.29, 0.717) is 5.69 Å². The molecule has 0 saturated heterocycles. The number of anilines is 2. The average Bonchev–Trinajstić information content (AvgIpc) is 2.25. The number of hydrogen-bond donors (Lipinski definition) is 2. The minimum atomic E-state index is 0.256. The molecular formula is C11H16N2OS. The van der Waals surface area contributed by atoms with Crippen LogP contribution in [0.3, 0.4) is 0 Å². The molecule has 1 heterocycles. The van der Waals surface area contributed by atoms with Gasteiger partial charge >= 0.3 is 0 Å². The van der Waals surface area contributed by atoms with E-state index in [0.717, 1.165) is 34.1 Å². The Morgan fingerprint density at radius 1 is 1.53 bits per heavy atom. The summed E-state index contributed by atoms with van der Waals surface area (Å²) in [6.07, 6.45) is 1.26. The molecule has 0 aromatic heterocycles. The van der Waals surface area contributed by atoms with E-state index >= 15 is 0 Å². The Bertz CT molecular complexity index is 393. The van der Waals surface area contributed by atoms with E-state index < -0.39 is 0 Å². The van der Waals surface area contributed by atoms with E-state index in [9.17, 15) is 0 Å². The molecule has 0 spiro atoms. The van der Waals surface area contributed by atoms with Crippen molar-refractivity contribution in [3.8, 4) is 5.75 Å². The first-order valence-electron chi connectivity index (χ1n) is 5.11. The lowest BCUT2D eigenvalue weighted by atomic mass is 10.1. The molecule has 82 valence electrons. The molecule has 1 atom stereocenters. The van der Waals surface area contributed by atoms with Crippen LogP contribution < -0.4 is 16.2 Å². The molecule has 15 heavy (non-hydrogen) atoms. The van der Waals surface area contributed by atoms with E-state index in [2.05, 4.69) is 6.92 Å². The van der Waals surface area contributed by atoms with Gasteiger partial charge in [0, 0.05) is 5.75 Å². The van der Waals surface area contributed by atoms with Gasteiger partial charge in [0.05, 0.1) is 16.3 Å². The van der Waals surface area contributed by atoms with Gasteiger partial charge in [-0.15, -0.1) is 11.8 Å². The van der Waals surface area contributed by atoms with Crippen LogP contribution in [-0.2, 0) is 0 Å². The monoisotopic (exact) mass is 224 g/mol. The van der Waals surface area contributed by atoms with Gasteiger partial charge in [-0.3, -0.25) is 0 Å². The van der Waals surface area contributed by atoms with Crippen molar-refractivity contribution < 1.29 is 4.74 Å². The number of nitrogen functional groups attached to an aromatic ring is 2. The standard InChI is InChI=1S/C11H16N2OS/c1-3-7-5-15-11-9(13)6(2)4-8(12)10(11)14-7/h4,7H,3,5,12-13H2,1-2H3. The summed E-state index contributed by atoms with van der Waals surface area (Å²) in [6.45, 7) is 4.09. The zero-order valence-electron chi connectivity index (χ0n) is 9.04. The quantitative estimate of drug-likeness (QED) is 0.719. The first-order chi connectivity index (χ1) is 7.13. The molecule has 0 bridgehead atoms. The first-order valence-corrected chi connectivity index (χ1v) is 6.10. The maximum absolute atomic E-state index is 6.00. The van der Waals surface area contributed by atoms with E-state index in [4.69, 9.17) is 16.2 Å². The molecule has 1 aliphatic heterocycles. The SMILES string of the molecule is CCC1CSc2c(N)c(C)cc(N)c2O1. The number of ether oxygens (including phenoxy) is 1. The second-order valence-electron chi connectivity index (χ2n) is 3.81. The van der Waals surface area contributed by atoms with Crippen molar-refractivity contribution in [2.24, 2.45) is 0 Å². The Morgan fingerprint density at radius 2 is 2.27 bits per heavy atom. The molecule has 1 aliphatic rings. The third-order valence-electron chi connectivity index (χ3n) is 2.66. The number of benzene rings is 1. The van der Waals surface area contributed by atoms with Gasteiger partial charge in [0.25, 0.3) is 0 Å². The maximum Gasteiger partial charge on any atom is 0.158 e. The van der Waals surface area contributed by atoms with Crippen molar-refractivity contribution in [2.45, 2.75) is 31.3 Å². The highest BCUT2D eigenvalue weighted by Gasteiger charge is 2.23. The van der Waals surface area contributed by atoms with Gasteiger partial charge in [0.15, 0.2) is 5.75 Å². The van der Waals surface area contributed by atoms with Gasteiger partial charge in [-0.1, -0.05) is 6.92 Å². The summed E-state index contributed by atoms with van der Waals surface area (Å²) in [5, 5.41) is 0. The summed E-state index contributed by atoms with van der Waals surface area (Å²) < 4.78 is 5.82. The van der Waals surface area contributed by atoms with Gasteiger partial charge in [0.1, 0.15) is 6.10 Å². The number of rotatable bonds is 1. The van der Waals surface area contributed by atoms with Crippen LogP contribution in [0.5, 0.6) is 5.75 Å². The second-order valence-corrected chi connectivity index (χ2v) is 4.84. The van der Waals surface area contributed by atoms with Crippen LogP contribution in [-0.4, -0.2) is 11.9 Å². The Morgan fingerprint density at radius 3 is 2.93 bits per heavy atom. The minimum absolute atomic E-state index is 0.256. The van der Waals surface area contributed by atoms with E-state index in [1.165, 1.54) is 0 Å². The third kappa shape index (κ3) is 1.74. The average molecular weight is 224 g/mol. The number of fused-ring (bicyclic) bond motifs is 1. The molecule has 2 rings (SSSR count). The van der Waals surface area contributed by atoms with E-state index in [-0.39, 0.29) is 6.10 Å². The van der Waals surface area contributed by atoms with Gasteiger partial charge in [-0.05, 0) is 25.0 Å². The fourth-order valence-corrected chi connectivity index (χ4v) is 2.92. The van der Waals surface area contributed by atoms with Gasteiger partial charge < -0.3 is 16.2 Å². The largest absolute Gasteiger partial charge is 0.486 e. The predicted octanol–water partition coefficient (Wildman–Crippen LogP) is 2.42. The van der Waals surface area contributed by atoms with Crippen LogP contribution in [0.4, 0.5) is 11.4 Å². The molecular weight excluding hydrogens is 208 g/mol. The molecule has 0 radical (unpaired) electrons. The lowest BCUT2D eigenvalue weighted by Gasteiger charge is -2.27. The molecule has 0 aliphatic carbocycles. The third-order valence-corrected chi connectivity index (χ3v) is 3.90. The minimum Gasteiger partial charge on any atom is -0.486 e. The zero-order chi connectivity index (χ0) is 11.0. The van der Waals surface area contributed by atoms with Crippen molar-refractivity contribution in [1.29, 1.82) is 0 Å². The fourth-order valence-electron chi connectivity index (χ4n) is 1.65. The summed E-state index contributed by atoms with van der Waals surface area (Å²) in [7, 11) is 0. The number of nitrogens with two attached hydrogens (primary N) is 2. The van der Waals surface area contributed by atoms with Gasteiger partial charge in [0.2, 0.25) is 0 Å². The number of thioether (sulfide) groups is 1. The van der Waals surface area contributed by atoms with Crippen LogP contribution in [0.15, 0.2) is 11.0 Å². The van der Waals surface area contributed by atoms with Crippen LogP contribution in [0, 0.1) is 6.92 Å². The fraction of sp³-hybridized carbons (Fsp3) is 0.455. The van der Waals surface area contributed by atoms with E-state index in [1.54, 1.807) is 11.8 Å².